The fourth-order valence-electron chi connectivity index (χ4n) is 2.51. The first kappa shape index (κ1) is 19.1. The molecular weight excluding hydrogens is 389 g/mol. The summed E-state index contributed by atoms with van der Waals surface area (Å²) in [5, 5.41) is 5.23. The summed E-state index contributed by atoms with van der Waals surface area (Å²) in [6, 6.07) is 12.6. The minimum absolute atomic E-state index is 0.103. The molecule has 0 atom stereocenters. The number of nitrogens with one attached hydrogen (secondary N) is 1. The van der Waals surface area contributed by atoms with Crippen molar-refractivity contribution in [1.82, 2.24) is 0 Å². The van der Waals surface area contributed by atoms with Gasteiger partial charge in [0.15, 0.2) is 0 Å². The van der Waals surface area contributed by atoms with Gasteiger partial charge in [-0.3, -0.25) is 4.79 Å². The van der Waals surface area contributed by atoms with Crippen LogP contribution in [0.2, 0.25) is 5.02 Å². The number of hydrogen-bond donors (Lipinski definition) is 1. The summed E-state index contributed by atoms with van der Waals surface area (Å²) in [5.74, 6) is -1.84. The van der Waals surface area contributed by atoms with Crippen LogP contribution in [-0.4, -0.2) is 18.5 Å². The SMILES string of the molecule is CCOC(=O)c1c(-c2ccc(Cl)cc2)csc1NC(=O)c1ccccc1F. The summed E-state index contributed by atoms with van der Waals surface area (Å²) < 4.78 is 19.0. The van der Waals surface area contributed by atoms with Crippen LogP contribution in [0.1, 0.15) is 27.6 Å². The molecular formula is C20H15ClFNO3S. The third kappa shape index (κ3) is 4.18. The Hall–Kier alpha value is -2.70. The zero-order valence-corrected chi connectivity index (χ0v) is 15.9. The molecule has 0 radical (unpaired) electrons. The van der Waals surface area contributed by atoms with Gasteiger partial charge in [0.05, 0.1) is 12.2 Å². The van der Waals surface area contributed by atoms with Crippen molar-refractivity contribution in [2.75, 3.05) is 11.9 Å². The highest BCUT2D eigenvalue weighted by Gasteiger charge is 2.23. The quantitative estimate of drug-likeness (QED) is 0.561. The van der Waals surface area contributed by atoms with E-state index in [-0.39, 0.29) is 17.7 Å². The summed E-state index contributed by atoms with van der Waals surface area (Å²) in [6.45, 7) is 1.89. The van der Waals surface area contributed by atoms with E-state index in [1.165, 1.54) is 29.5 Å². The summed E-state index contributed by atoms with van der Waals surface area (Å²) in [4.78, 5) is 24.9. The fourth-order valence-corrected chi connectivity index (χ4v) is 3.59. The molecule has 0 aliphatic rings. The maximum Gasteiger partial charge on any atom is 0.341 e. The van der Waals surface area contributed by atoms with Gasteiger partial charge in [0.25, 0.3) is 5.91 Å². The van der Waals surface area contributed by atoms with E-state index in [1.807, 2.05) is 0 Å². The summed E-state index contributed by atoms with van der Waals surface area (Å²) >= 11 is 7.10. The molecule has 1 heterocycles. The highest BCUT2D eigenvalue weighted by Crippen LogP contribution is 2.37. The Bertz CT molecular complexity index is 985. The molecule has 27 heavy (non-hydrogen) atoms. The van der Waals surface area contributed by atoms with Crippen molar-refractivity contribution in [1.29, 1.82) is 0 Å². The molecule has 0 saturated carbocycles. The van der Waals surface area contributed by atoms with Crippen LogP contribution < -0.4 is 5.32 Å². The first-order valence-electron chi connectivity index (χ1n) is 8.11. The van der Waals surface area contributed by atoms with Crippen molar-refractivity contribution in [2.45, 2.75) is 6.92 Å². The van der Waals surface area contributed by atoms with Gasteiger partial charge in [0.2, 0.25) is 0 Å². The topological polar surface area (TPSA) is 55.4 Å². The van der Waals surface area contributed by atoms with Crippen molar-refractivity contribution < 1.29 is 18.7 Å². The van der Waals surface area contributed by atoms with E-state index in [1.54, 1.807) is 42.6 Å². The van der Waals surface area contributed by atoms with Gasteiger partial charge in [0.1, 0.15) is 16.4 Å². The number of esters is 1. The first-order valence-corrected chi connectivity index (χ1v) is 9.37. The summed E-state index contributed by atoms with van der Waals surface area (Å²) in [6.07, 6.45) is 0. The molecule has 0 unspecified atom stereocenters. The molecule has 0 bridgehead atoms. The van der Waals surface area contributed by atoms with Crippen LogP contribution >= 0.6 is 22.9 Å². The van der Waals surface area contributed by atoms with Crippen LogP contribution in [0.15, 0.2) is 53.9 Å². The molecule has 3 aromatic rings. The van der Waals surface area contributed by atoms with Gasteiger partial charge >= 0.3 is 5.97 Å². The number of benzene rings is 2. The van der Waals surface area contributed by atoms with Crippen molar-refractivity contribution in [2.24, 2.45) is 0 Å². The molecule has 0 aliphatic heterocycles. The maximum atomic E-state index is 13.9. The predicted octanol–water partition coefficient (Wildman–Crippen LogP) is 5.64. The number of thiophene rings is 1. The van der Waals surface area contributed by atoms with E-state index in [4.69, 9.17) is 16.3 Å². The van der Waals surface area contributed by atoms with Crippen molar-refractivity contribution in [3.8, 4) is 11.1 Å². The minimum Gasteiger partial charge on any atom is -0.462 e. The molecule has 138 valence electrons. The van der Waals surface area contributed by atoms with Crippen LogP contribution in [0.5, 0.6) is 0 Å². The second kappa shape index (κ2) is 8.33. The van der Waals surface area contributed by atoms with Gasteiger partial charge in [-0.25, -0.2) is 9.18 Å². The number of rotatable bonds is 5. The van der Waals surface area contributed by atoms with Gasteiger partial charge in [-0.1, -0.05) is 35.9 Å². The molecule has 0 fully saturated rings. The van der Waals surface area contributed by atoms with E-state index in [9.17, 15) is 14.0 Å². The molecule has 3 rings (SSSR count). The molecule has 0 aliphatic carbocycles. The number of hydrogen-bond acceptors (Lipinski definition) is 4. The van der Waals surface area contributed by atoms with Crippen molar-refractivity contribution in [3.05, 3.63) is 75.9 Å². The predicted molar refractivity (Wildman–Crippen MR) is 105 cm³/mol. The highest BCUT2D eigenvalue weighted by molar-refractivity contribution is 7.15. The molecule has 4 nitrogen and oxygen atoms in total. The molecule has 1 amide bonds. The zero-order valence-electron chi connectivity index (χ0n) is 14.3. The van der Waals surface area contributed by atoms with Crippen molar-refractivity contribution in [3.63, 3.8) is 0 Å². The van der Waals surface area contributed by atoms with Gasteiger partial charge in [-0.15, -0.1) is 11.3 Å². The molecule has 1 N–H and O–H groups in total. The van der Waals surface area contributed by atoms with E-state index in [0.717, 1.165) is 5.56 Å². The number of carbonyl (C=O) groups excluding carboxylic acids is 2. The van der Waals surface area contributed by atoms with E-state index >= 15 is 0 Å². The molecule has 0 saturated heterocycles. The molecule has 1 aromatic heterocycles. The maximum absolute atomic E-state index is 13.9. The van der Waals surface area contributed by atoms with Gasteiger partial charge in [-0.05, 0) is 36.8 Å². The number of halogens is 2. The molecule has 0 spiro atoms. The third-order valence-corrected chi connectivity index (χ3v) is 4.92. The largest absolute Gasteiger partial charge is 0.462 e. The lowest BCUT2D eigenvalue weighted by Crippen LogP contribution is -2.16. The Morgan fingerprint density at radius 1 is 1.15 bits per heavy atom. The average molecular weight is 404 g/mol. The number of amides is 1. The Labute approximate surface area is 164 Å². The Balaban J connectivity index is 2.00. The van der Waals surface area contributed by atoms with Crippen molar-refractivity contribution >= 4 is 39.8 Å². The molecule has 7 heteroatoms. The smallest absolute Gasteiger partial charge is 0.341 e. The molecule has 2 aromatic carbocycles. The number of ether oxygens (including phenoxy) is 1. The normalized spacial score (nSPS) is 10.5. The third-order valence-electron chi connectivity index (χ3n) is 3.77. The van der Waals surface area contributed by atoms with Crippen LogP contribution in [0.3, 0.4) is 0 Å². The fraction of sp³-hybridized carbons (Fsp3) is 0.100. The average Bonchev–Trinajstić information content (AvgIpc) is 3.06. The lowest BCUT2D eigenvalue weighted by Gasteiger charge is -2.09. The van der Waals surface area contributed by atoms with E-state index < -0.39 is 17.7 Å². The monoisotopic (exact) mass is 403 g/mol. The lowest BCUT2D eigenvalue weighted by atomic mass is 10.0. The minimum atomic E-state index is -0.637. The lowest BCUT2D eigenvalue weighted by molar-refractivity contribution is 0.0529. The second-order valence-electron chi connectivity index (χ2n) is 5.51. The van der Waals surface area contributed by atoms with E-state index in [2.05, 4.69) is 5.32 Å². The summed E-state index contributed by atoms with van der Waals surface area (Å²) in [7, 11) is 0. The Kier molecular flexibility index (Phi) is 5.88. The highest BCUT2D eigenvalue weighted by atomic mass is 35.5. The number of carbonyl (C=O) groups is 2. The van der Waals surface area contributed by atoms with Gasteiger partial charge < -0.3 is 10.1 Å². The van der Waals surface area contributed by atoms with E-state index in [0.29, 0.717) is 15.6 Å². The Morgan fingerprint density at radius 2 is 1.85 bits per heavy atom. The first-order chi connectivity index (χ1) is 13.0. The van der Waals surface area contributed by atoms with Gasteiger partial charge in [0, 0.05) is 16.0 Å². The standard InChI is InChI=1S/C20H15ClFNO3S/c1-2-26-20(25)17-15(12-7-9-13(21)10-8-12)11-27-19(17)23-18(24)14-5-3-4-6-16(14)22/h3-11H,2H2,1H3,(H,23,24). The van der Waals surface area contributed by atoms with Crippen LogP contribution in [-0.2, 0) is 4.74 Å². The zero-order chi connectivity index (χ0) is 19.4. The van der Waals surface area contributed by atoms with Crippen LogP contribution in [0.25, 0.3) is 11.1 Å². The van der Waals surface area contributed by atoms with Crippen LogP contribution in [0.4, 0.5) is 9.39 Å². The van der Waals surface area contributed by atoms with Crippen LogP contribution in [0, 0.1) is 5.82 Å². The Morgan fingerprint density at radius 3 is 2.52 bits per heavy atom. The number of anilines is 1. The second-order valence-corrected chi connectivity index (χ2v) is 6.83. The summed E-state index contributed by atoms with van der Waals surface area (Å²) in [5.41, 5.74) is 1.49. The van der Waals surface area contributed by atoms with Gasteiger partial charge in [-0.2, -0.15) is 0 Å².